The third-order valence-electron chi connectivity index (χ3n) is 5.32. The topological polar surface area (TPSA) is 206 Å². The SMILES string of the molecule is NC(N)=NCCC[C@H](NC(=O)CNC(=O)[C@]1(Cc2ccccc2)NC(=O)CCCC1=O)C(=O)O. The standard InChI is InChI=1S/C22H30N6O6/c23-21(24)25-11-5-8-15(19(32)33)27-18(31)13-26-20(34)22(12-14-6-2-1-3-7-14)16(29)9-4-10-17(30)28-22/h1-3,6-7,15H,4-5,8-13H2,(H,26,34)(H,27,31)(H,28,30)(H,32,33)(H4,23,24,25)/t15-,22+/m0/s1. The van der Waals surface area contributed by atoms with Crippen LogP contribution in [-0.2, 0) is 30.4 Å². The zero-order chi connectivity index (χ0) is 25.1. The van der Waals surface area contributed by atoms with Crippen LogP contribution in [0.25, 0.3) is 0 Å². The first kappa shape index (κ1) is 26.3. The fourth-order valence-corrected chi connectivity index (χ4v) is 3.62. The molecule has 0 bridgehead atoms. The van der Waals surface area contributed by atoms with Crippen molar-refractivity contribution < 1.29 is 29.1 Å². The Morgan fingerprint density at radius 2 is 1.85 bits per heavy atom. The predicted octanol–water partition coefficient (Wildman–Crippen LogP) is -1.42. The van der Waals surface area contributed by atoms with Crippen molar-refractivity contribution in [1.82, 2.24) is 16.0 Å². The number of aliphatic imine (C=N–C) groups is 1. The summed E-state index contributed by atoms with van der Waals surface area (Å²) in [6.07, 6.45) is 0.752. The quantitative estimate of drug-likeness (QED) is 0.0968. The lowest BCUT2D eigenvalue weighted by molar-refractivity contribution is -0.142. The van der Waals surface area contributed by atoms with Gasteiger partial charge in [0.1, 0.15) is 6.04 Å². The van der Waals surface area contributed by atoms with Crippen LogP contribution in [0, 0.1) is 0 Å². The van der Waals surface area contributed by atoms with Crippen molar-refractivity contribution >= 4 is 35.4 Å². The minimum Gasteiger partial charge on any atom is -0.480 e. The molecule has 1 aliphatic heterocycles. The summed E-state index contributed by atoms with van der Waals surface area (Å²) in [5.41, 5.74) is 9.23. The molecule has 8 N–H and O–H groups in total. The average Bonchev–Trinajstić information content (AvgIpc) is 2.92. The second kappa shape index (κ2) is 12.3. The van der Waals surface area contributed by atoms with Gasteiger partial charge in [-0.2, -0.15) is 0 Å². The van der Waals surface area contributed by atoms with E-state index < -0.39 is 47.6 Å². The molecule has 1 saturated heterocycles. The van der Waals surface area contributed by atoms with E-state index in [2.05, 4.69) is 20.9 Å². The number of aliphatic carboxylic acids is 1. The summed E-state index contributed by atoms with van der Waals surface area (Å²) in [7, 11) is 0. The Hall–Kier alpha value is -3.96. The predicted molar refractivity (Wildman–Crippen MR) is 122 cm³/mol. The summed E-state index contributed by atoms with van der Waals surface area (Å²) in [5, 5.41) is 16.6. The van der Waals surface area contributed by atoms with E-state index in [4.69, 9.17) is 11.5 Å². The number of rotatable bonds is 11. The van der Waals surface area contributed by atoms with Crippen LogP contribution in [0.2, 0.25) is 0 Å². The summed E-state index contributed by atoms with van der Waals surface area (Å²) < 4.78 is 0. The van der Waals surface area contributed by atoms with Crippen molar-refractivity contribution in [3.63, 3.8) is 0 Å². The van der Waals surface area contributed by atoms with Crippen molar-refractivity contribution in [3.8, 4) is 0 Å². The van der Waals surface area contributed by atoms with Crippen LogP contribution < -0.4 is 27.4 Å². The third-order valence-corrected chi connectivity index (χ3v) is 5.32. The molecule has 2 rings (SSSR count). The van der Waals surface area contributed by atoms with Gasteiger partial charge in [-0.1, -0.05) is 30.3 Å². The molecule has 0 saturated carbocycles. The van der Waals surface area contributed by atoms with Gasteiger partial charge in [-0.05, 0) is 24.8 Å². The van der Waals surface area contributed by atoms with Crippen molar-refractivity contribution in [1.29, 1.82) is 0 Å². The zero-order valence-corrected chi connectivity index (χ0v) is 18.7. The van der Waals surface area contributed by atoms with E-state index in [0.29, 0.717) is 18.4 Å². The molecule has 0 aromatic heterocycles. The summed E-state index contributed by atoms with van der Waals surface area (Å²) in [4.78, 5) is 65.9. The molecule has 1 aromatic rings. The maximum absolute atomic E-state index is 13.2. The number of guanidine groups is 1. The summed E-state index contributed by atoms with van der Waals surface area (Å²) in [6.45, 7) is -0.376. The number of carbonyl (C=O) groups excluding carboxylic acids is 4. The molecule has 12 nitrogen and oxygen atoms in total. The number of nitrogens with zero attached hydrogens (tertiary/aromatic N) is 1. The smallest absolute Gasteiger partial charge is 0.326 e. The highest BCUT2D eigenvalue weighted by molar-refractivity contribution is 6.14. The van der Waals surface area contributed by atoms with Gasteiger partial charge in [0.05, 0.1) is 6.54 Å². The van der Waals surface area contributed by atoms with Gasteiger partial charge in [-0.3, -0.25) is 24.2 Å². The Bertz CT molecular complexity index is 946. The molecule has 12 heteroatoms. The molecule has 3 amide bonds. The summed E-state index contributed by atoms with van der Waals surface area (Å²) >= 11 is 0. The van der Waals surface area contributed by atoms with E-state index in [1.165, 1.54) is 0 Å². The van der Waals surface area contributed by atoms with Gasteiger partial charge >= 0.3 is 5.97 Å². The van der Waals surface area contributed by atoms with Crippen LogP contribution in [0.4, 0.5) is 0 Å². The Morgan fingerprint density at radius 1 is 1.15 bits per heavy atom. The van der Waals surface area contributed by atoms with Crippen molar-refractivity contribution in [2.24, 2.45) is 16.5 Å². The number of hydrogen-bond donors (Lipinski definition) is 6. The second-order valence-electron chi connectivity index (χ2n) is 7.98. The van der Waals surface area contributed by atoms with E-state index in [-0.39, 0.29) is 38.2 Å². The van der Waals surface area contributed by atoms with Crippen molar-refractivity contribution in [2.75, 3.05) is 13.1 Å². The van der Waals surface area contributed by atoms with Crippen LogP contribution in [-0.4, -0.2) is 65.2 Å². The molecular formula is C22H30N6O6. The highest BCUT2D eigenvalue weighted by Gasteiger charge is 2.47. The fraction of sp³-hybridized carbons (Fsp3) is 0.455. The maximum Gasteiger partial charge on any atom is 0.326 e. The highest BCUT2D eigenvalue weighted by Crippen LogP contribution is 2.22. The minimum absolute atomic E-state index is 0.0298. The Balaban J connectivity index is 2.07. The first-order chi connectivity index (χ1) is 16.1. The first-order valence-electron chi connectivity index (χ1n) is 10.9. The molecule has 184 valence electrons. The van der Waals surface area contributed by atoms with Crippen LogP contribution in [0.15, 0.2) is 35.3 Å². The number of carbonyl (C=O) groups is 5. The van der Waals surface area contributed by atoms with Crippen LogP contribution in [0.5, 0.6) is 0 Å². The van der Waals surface area contributed by atoms with E-state index in [1.54, 1.807) is 30.3 Å². The fourth-order valence-electron chi connectivity index (χ4n) is 3.62. The molecule has 1 fully saturated rings. The third kappa shape index (κ3) is 7.57. The number of carboxylic acids is 1. The van der Waals surface area contributed by atoms with E-state index in [1.807, 2.05) is 0 Å². The summed E-state index contributed by atoms with van der Waals surface area (Å²) in [6, 6.07) is 7.52. The lowest BCUT2D eigenvalue weighted by Crippen LogP contribution is -2.65. The lowest BCUT2D eigenvalue weighted by Gasteiger charge is -2.31. The number of ketones is 1. The number of amides is 3. The minimum atomic E-state index is -1.86. The maximum atomic E-state index is 13.2. The molecule has 34 heavy (non-hydrogen) atoms. The lowest BCUT2D eigenvalue weighted by atomic mass is 9.84. The summed E-state index contributed by atoms with van der Waals surface area (Å²) in [5.74, 6) is -3.85. The molecule has 2 atom stereocenters. The Morgan fingerprint density at radius 3 is 2.50 bits per heavy atom. The van der Waals surface area contributed by atoms with Crippen molar-refractivity contribution in [3.05, 3.63) is 35.9 Å². The van der Waals surface area contributed by atoms with Gasteiger partial charge in [0.2, 0.25) is 11.8 Å². The second-order valence-corrected chi connectivity index (χ2v) is 7.98. The monoisotopic (exact) mass is 474 g/mol. The van der Waals surface area contributed by atoms with Crippen molar-refractivity contribution in [2.45, 2.75) is 50.1 Å². The van der Waals surface area contributed by atoms with E-state index in [9.17, 15) is 29.1 Å². The van der Waals surface area contributed by atoms with Gasteiger partial charge in [-0.25, -0.2) is 4.79 Å². The normalized spacial score (nSPS) is 18.7. The number of benzene rings is 1. The molecule has 0 spiro atoms. The first-order valence-corrected chi connectivity index (χ1v) is 10.9. The number of nitrogens with two attached hydrogens (primary N) is 2. The Labute approximate surface area is 196 Å². The van der Waals surface area contributed by atoms with Gasteiger partial charge < -0.3 is 32.5 Å². The number of Topliss-reactive ketones (excluding diaryl/α,β-unsaturated/α-hetero) is 1. The van der Waals surface area contributed by atoms with Crippen LogP contribution in [0.1, 0.15) is 37.7 Å². The van der Waals surface area contributed by atoms with E-state index in [0.717, 1.165) is 0 Å². The molecule has 0 radical (unpaired) electrons. The van der Waals surface area contributed by atoms with Crippen LogP contribution >= 0.6 is 0 Å². The van der Waals surface area contributed by atoms with E-state index >= 15 is 0 Å². The van der Waals surface area contributed by atoms with Gasteiger partial charge in [0.25, 0.3) is 5.91 Å². The Kier molecular flexibility index (Phi) is 9.53. The number of nitrogens with one attached hydrogen (secondary N) is 3. The molecule has 1 aliphatic rings. The molecular weight excluding hydrogens is 444 g/mol. The van der Waals surface area contributed by atoms with Gasteiger partial charge in [-0.15, -0.1) is 0 Å². The molecule has 0 unspecified atom stereocenters. The number of carboxylic acid groups (broad SMARTS) is 1. The zero-order valence-electron chi connectivity index (χ0n) is 18.7. The van der Waals surface area contributed by atoms with Gasteiger partial charge in [0.15, 0.2) is 17.3 Å². The average molecular weight is 475 g/mol. The molecule has 1 heterocycles. The van der Waals surface area contributed by atoms with Crippen LogP contribution in [0.3, 0.4) is 0 Å². The highest BCUT2D eigenvalue weighted by atomic mass is 16.4. The largest absolute Gasteiger partial charge is 0.480 e. The number of hydrogen-bond acceptors (Lipinski definition) is 6. The molecule has 1 aromatic carbocycles. The molecule has 0 aliphatic carbocycles. The van der Waals surface area contributed by atoms with Gasteiger partial charge in [0, 0.05) is 25.8 Å².